The first kappa shape index (κ1) is 15.2. The molecule has 1 aromatic carbocycles. The van der Waals surface area contributed by atoms with Crippen LogP contribution in [0.2, 0.25) is 0 Å². The number of fused-ring (bicyclic) bond motifs is 1. The summed E-state index contributed by atoms with van der Waals surface area (Å²) in [5.41, 5.74) is 0.777. The molecule has 0 spiro atoms. The standard InChI is InChI=1S/C17H24N2O3/c1-2-14-5-3-4-8-19(14)12-17(20)18-13-6-7-15-16(11-13)22-10-9-21-15/h6-7,11,14H,2-5,8-10,12H2,1H3,(H,18,20)/p+1/t14-/m0/s1. The Morgan fingerprint density at radius 3 is 2.91 bits per heavy atom. The van der Waals surface area contributed by atoms with E-state index in [2.05, 4.69) is 12.2 Å². The minimum absolute atomic E-state index is 0.0760. The second kappa shape index (κ2) is 7.01. The van der Waals surface area contributed by atoms with Crippen LogP contribution in [-0.2, 0) is 4.79 Å². The summed E-state index contributed by atoms with van der Waals surface area (Å²) >= 11 is 0. The maximum absolute atomic E-state index is 12.3. The van der Waals surface area contributed by atoms with Crippen LogP contribution in [0.4, 0.5) is 5.69 Å². The fourth-order valence-electron chi connectivity index (χ4n) is 3.41. The number of quaternary nitrogens is 1. The fraction of sp³-hybridized carbons (Fsp3) is 0.588. The van der Waals surface area contributed by atoms with Gasteiger partial charge in [-0.05, 0) is 37.8 Å². The number of carbonyl (C=O) groups excluding carboxylic acids is 1. The molecule has 3 rings (SSSR count). The molecule has 2 atom stereocenters. The molecule has 1 amide bonds. The number of nitrogens with one attached hydrogen (secondary N) is 2. The smallest absolute Gasteiger partial charge is 0.279 e. The Balaban J connectivity index is 1.59. The predicted octanol–water partition coefficient (Wildman–Crippen LogP) is 1.24. The normalized spacial score (nSPS) is 23.9. The summed E-state index contributed by atoms with van der Waals surface area (Å²) in [6.45, 7) is 5.00. The maximum atomic E-state index is 12.3. The molecule has 1 fully saturated rings. The van der Waals surface area contributed by atoms with Gasteiger partial charge in [-0.25, -0.2) is 0 Å². The lowest BCUT2D eigenvalue weighted by molar-refractivity contribution is -0.923. The van der Waals surface area contributed by atoms with Crippen LogP contribution in [0, 0.1) is 0 Å². The van der Waals surface area contributed by atoms with Crippen molar-refractivity contribution in [3.05, 3.63) is 18.2 Å². The summed E-state index contributed by atoms with van der Waals surface area (Å²) in [4.78, 5) is 13.7. The molecule has 5 nitrogen and oxygen atoms in total. The third-order valence-corrected chi connectivity index (χ3v) is 4.58. The quantitative estimate of drug-likeness (QED) is 0.880. The van der Waals surface area contributed by atoms with Gasteiger partial charge in [0.2, 0.25) is 0 Å². The number of amides is 1. The molecule has 0 radical (unpaired) electrons. The van der Waals surface area contributed by atoms with E-state index in [1.54, 1.807) is 0 Å². The monoisotopic (exact) mass is 305 g/mol. The highest BCUT2D eigenvalue weighted by atomic mass is 16.6. The van der Waals surface area contributed by atoms with E-state index in [1.807, 2.05) is 18.2 Å². The molecule has 5 heteroatoms. The number of benzene rings is 1. The maximum Gasteiger partial charge on any atom is 0.279 e. The molecule has 1 aromatic rings. The van der Waals surface area contributed by atoms with Crippen LogP contribution in [0.5, 0.6) is 11.5 Å². The van der Waals surface area contributed by atoms with E-state index in [9.17, 15) is 4.79 Å². The first-order chi connectivity index (χ1) is 10.8. The summed E-state index contributed by atoms with van der Waals surface area (Å²) in [7, 11) is 0. The van der Waals surface area contributed by atoms with Gasteiger partial charge in [0.05, 0.1) is 12.6 Å². The van der Waals surface area contributed by atoms with E-state index in [0.717, 1.165) is 24.4 Å². The number of rotatable bonds is 4. The van der Waals surface area contributed by atoms with Gasteiger partial charge in [0.25, 0.3) is 5.91 Å². The first-order valence-electron chi connectivity index (χ1n) is 8.30. The van der Waals surface area contributed by atoms with Crippen molar-refractivity contribution in [2.75, 3.05) is 31.6 Å². The molecule has 2 heterocycles. The Kier molecular flexibility index (Phi) is 4.83. The average molecular weight is 305 g/mol. The van der Waals surface area contributed by atoms with Crippen LogP contribution >= 0.6 is 0 Å². The van der Waals surface area contributed by atoms with Crippen molar-refractivity contribution in [1.82, 2.24) is 0 Å². The summed E-state index contributed by atoms with van der Waals surface area (Å²) in [6.07, 6.45) is 4.91. The molecule has 120 valence electrons. The molecular formula is C17H25N2O3+. The molecule has 2 N–H and O–H groups in total. The van der Waals surface area contributed by atoms with Crippen LogP contribution in [0.25, 0.3) is 0 Å². The zero-order valence-corrected chi connectivity index (χ0v) is 13.2. The van der Waals surface area contributed by atoms with Gasteiger partial charge in [0.15, 0.2) is 18.0 Å². The van der Waals surface area contributed by atoms with Gasteiger partial charge >= 0.3 is 0 Å². The molecular weight excluding hydrogens is 280 g/mol. The Bertz CT molecular complexity index is 533. The van der Waals surface area contributed by atoms with E-state index in [1.165, 1.54) is 24.2 Å². The highest BCUT2D eigenvalue weighted by Gasteiger charge is 2.26. The summed E-state index contributed by atoms with van der Waals surface area (Å²) in [6, 6.07) is 6.19. The van der Waals surface area contributed by atoms with Gasteiger partial charge in [-0.15, -0.1) is 0 Å². The molecule has 1 saturated heterocycles. The van der Waals surface area contributed by atoms with Crippen molar-refractivity contribution in [3.8, 4) is 11.5 Å². The Labute approximate surface area is 131 Å². The Morgan fingerprint density at radius 1 is 1.27 bits per heavy atom. The van der Waals surface area contributed by atoms with Crippen molar-refractivity contribution in [2.24, 2.45) is 0 Å². The lowest BCUT2D eigenvalue weighted by atomic mass is 10.00. The largest absolute Gasteiger partial charge is 0.486 e. The van der Waals surface area contributed by atoms with Gasteiger partial charge in [-0.2, -0.15) is 0 Å². The number of likely N-dealkylation sites (tertiary alicyclic amines) is 1. The summed E-state index contributed by atoms with van der Waals surface area (Å²) < 4.78 is 11.0. The topological polar surface area (TPSA) is 52.0 Å². The molecule has 22 heavy (non-hydrogen) atoms. The predicted molar refractivity (Wildman–Crippen MR) is 84.7 cm³/mol. The number of piperidine rings is 1. The van der Waals surface area contributed by atoms with Crippen molar-refractivity contribution in [2.45, 2.75) is 38.6 Å². The van der Waals surface area contributed by atoms with Crippen molar-refractivity contribution in [1.29, 1.82) is 0 Å². The van der Waals surface area contributed by atoms with E-state index in [-0.39, 0.29) is 5.91 Å². The van der Waals surface area contributed by atoms with Gasteiger partial charge < -0.3 is 19.7 Å². The van der Waals surface area contributed by atoms with Gasteiger partial charge in [0, 0.05) is 11.8 Å². The van der Waals surface area contributed by atoms with E-state index in [0.29, 0.717) is 31.5 Å². The summed E-state index contributed by atoms with van der Waals surface area (Å²) in [5, 5.41) is 2.99. The van der Waals surface area contributed by atoms with E-state index < -0.39 is 0 Å². The fourth-order valence-corrected chi connectivity index (χ4v) is 3.41. The molecule has 0 bridgehead atoms. The molecule has 0 aromatic heterocycles. The van der Waals surface area contributed by atoms with Gasteiger partial charge in [-0.3, -0.25) is 4.79 Å². The minimum Gasteiger partial charge on any atom is -0.486 e. The van der Waals surface area contributed by atoms with Crippen LogP contribution in [-0.4, -0.2) is 38.3 Å². The highest BCUT2D eigenvalue weighted by Crippen LogP contribution is 2.32. The zero-order valence-electron chi connectivity index (χ0n) is 13.2. The Morgan fingerprint density at radius 2 is 2.09 bits per heavy atom. The third-order valence-electron chi connectivity index (χ3n) is 4.58. The van der Waals surface area contributed by atoms with Crippen molar-refractivity contribution in [3.63, 3.8) is 0 Å². The number of ether oxygens (including phenoxy) is 2. The molecule has 2 aliphatic rings. The number of hydrogen-bond donors (Lipinski definition) is 2. The lowest BCUT2D eigenvalue weighted by Gasteiger charge is -2.31. The number of anilines is 1. The molecule has 0 aliphatic carbocycles. The van der Waals surface area contributed by atoms with Crippen LogP contribution < -0.4 is 19.7 Å². The molecule has 0 saturated carbocycles. The van der Waals surface area contributed by atoms with Crippen LogP contribution in [0.3, 0.4) is 0 Å². The molecule has 2 aliphatic heterocycles. The zero-order chi connectivity index (χ0) is 15.4. The average Bonchev–Trinajstić information content (AvgIpc) is 2.55. The van der Waals surface area contributed by atoms with Crippen molar-refractivity contribution < 1.29 is 19.2 Å². The van der Waals surface area contributed by atoms with Crippen LogP contribution in [0.15, 0.2) is 18.2 Å². The van der Waals surface area contributed by atoms with Gasteiger partial charge in [0.1, 0.15) is 13.2 Å². The first-order valence-corrected chi connectivity index (χ1v) is 8.30. The number of carbonyl (C=O) groups is 1. The van der Waals surface area contributed by atoms with E-state index >= 15 is 0 Å². The Hall–Kier alpha value is -1.75. The second-order valence-electron chi connectivity index (χ2n) is 6.09. The van der Waals surface area contributed by atoms with Crippen LogP contribution in [0.1, 0.15) is 32.6 Å². The molecule has 1 unspecified atom stereocenters. The highest BCUT2D eigenvalue weighted by molar-refractivity contribution is 5.91. The number of hydrogen-bond acceptors (Lipinski definition) is 3. The van der Waals surface area contributed by atoms with Gasteiger partial charge in [-0.1, -0.05) is 6.92 Å². The lowest BCUT2D eigenvalue weighted by Crippen LogP contribution is -3.17. The summed E-state index contributed by atoms with van der Waals surface area (Å²) in [5.74, 6) is 1.53. The van der Waals surface area contributed by atoms with Crippen molar-refractivity contribution >= 4 is 11.6 Å². The second-order valence-corrected chi connectivity index (χ2v) is 6.09. The van der Waals surface area contributed by atoms with E-state index in [4.69, 9.17) is 9.47 Å². The third kappa shape index (κ3) is 3.53. The minimum atomic E-state index is 0.0760. The SMILES string of the molecule is CC[C@H]1CCCC[NH+]1CC(=O)Nc1ccc2c(c1)OCCO2.